The molecule has 0 bridgehead atoms. The standard InChI is InChI=1S/C21H31F3N4O2.HI/c1-3-26-20(28-10-8-16(9-11-28)12-19(29)25-2)27-13-17-4-6-18(7-5-17)14-30-15-21(22,23)24;/h4-7,16H,3,8-15H2,1-2H3,(H,25,29)(H,26,27);1H. The molecule has 0 unspecified atom stereocenters. The van der Waals surface area contributed by atoms with Gasteiger partial charge in [-0.15, -0.1) is 24.0 Å². The normalized spacial score (nSPS) is 15.4. The number of carbonyl (C=O) groups excluding carboxylic acids is 1. The number of rotatable bonds is 8. The third-order valence-corrected chi connectivity index (χ3v) is 4.97. The van der Waals surface area contributed by atoms with Crippen molar-refractivity contribution in [1.29, 1.82) is 0 Å². The molecule has 10 heteroatoms. The molecule has 0 aliphatic carbocycles. The Labute approximate surface area is 199 Å². The minimum absolute atomic E-state index is 0. The van der Waals surface area contributed by atoms with E-state index in [2.05, 4.69) is 20.3 Å². The van der Waals surface area contributed by atoms with Crippen molar-refractivity contribution in [3.63, 3.8) is 0 Å². The maximum absolute atomic E-state index is 12.1. The summed E-state index contributed by atoms with van der Waals surface area (Å²) in [6, 6.07) is 7.24. The highest BCUT2D eigenvalue weighted by atomic mass is 127. The number of amides is 1. The average molecular weight is 556 g/mol. The molecule has 0 radical (unpaired) electrons. The van der Waals surface area contributed by atoms with Crippen molar-refractivity contribution in [3.8, 4) is 0 Å². The van der Waals surface area contributed by atoms with E-state index in [0.717, 1.165) is 44.0 Å². The van der Waals surface area contributed by atoms with Crippen LogP contribution in [0.2, 0.25) is 0 Å². The van der Waals surface area contributed by atoms with E-state index in [-0.39, 0.29) is 36.5 Å². The molecule has 0 atom stereocenters. The lowest BCUT2D eigenvalue weighted by molar-refractivity contribution is -0.176. The third kappa shape index (κ3) is 10.5. The Morgan fingerprint density at radius 2 is 1.81 bits per heavy atom. The number of nitrogens with one attached hydrogen (secondary N) is 2. The van der Waals surface area contributed by atoms with Gasteiger partial charge in [0.1, 0.15) is 6.61 Å². The number of ether oxygens (including phenoxy) is 1. The summed E-state index contributed by atoms with van der Waals surface area (Å²) in [5.41, 5.74) is 1.66. The molecule has 0 aromatic heterocycles. The Kier molecular flexibility index (Phi) is 12.2. The van der Waals surface area contributed by atoms with Crippen LogP contribution in [0, 0.1) is 5.92 Å². The number of guanidine groups is 1. The molecule has 1 aromatic carbocycles. The lowest BCUT2D eigenvalue weighted by Crippen LogP contribution is -2.46. The Hall–Kier alpha value is -1.56. The van der Waals surface area contributed by atoms with E-state index in [1.165, 1.54) is 0 Å². The second-order valence-corrected chi connectivity index (χ2v) is 7.40. The second-order valence-electron chi connectivity index (χ2n) is 7.40. The number of aliphatic imine (C=N–C) groups is 1. The number of carbonyl (C=O) groups is 1. The van der Waals surface area contributed by atoms with Gasteiger partial charge in [0.05, 0.1) is 13.2 Å². The van der Waals surface area contributed by atoms with Crippen LogP contribution in [0.4, 0.5) is 13.2 Å². The fourth-order valence-corrected chi connectivity index (χ4v) is 3.33. The van der Waals surface area contributed by atoms with Crippen molar-refractivity contribution in [1.82, 2.24) is 15.5 Å². The lowest BCUT2D eigenvalue weighted by atomic mass is 9.93. The van der Waals surface area contributed by atoms with Gasteiger partial charge in [-0.25, -0.2) is 4.99 Å². The Balaban J connectivity index is 0.00000480. The average Bonchev–Trinajstić information content (AvgIpc) is 2.72. The number of benzene rings is 1. The van der Waals surface area contributed by atoms with E-state index in [1.54, 1.807) is 19.2 Å². The molecule has 6 nitrogen and oxygen atoms in total. The molecule has 1 aliphatic rings. The molecule has 2 N–H and O–H groups in total. The highest BCUT2D eigenvalue weighted by Gasteiger charge is 2.27. The van der Waals surface area contributed by atoms with Gasteiger partial charge < -0.3 is 20.3 Å². The fourth-order valence-electron chi connectivity index (χ4n) is 3.33. The van der Waals surface area contributed by atoms with Gasteiger partial charge in [0.15, 0.2) is 5.96 Å². The van der Waals surface area contributed by atoms with Crippen LogP contribution in [0.25, 0.3) is 0 Å². The van der Waals surface area contributed by atoms with Crippen LogP contribution in [-0.4, -0.2) is 56.2 Å². The lowest BCUT2D eigenvalue weighted by Gasteiger charge is -2.34. The van der Waals surface area contributed by atoms with E-state index in [9.17, 15) is 18.0 Å². The SMILES string of the molecule is CCNC(=NCc1ccc(COCC(F)(F)F)cc1)N1CCC(CC(=O)NC)CC1.I. The highest BCUT2D eigenvalue weighted by molar-refractivity contribution is 14.0. The van der Waals surface area contributed by atoms with Crippen molar-refractivity contribution in [2.24, 2.45) is 10.9 Å². The molecular formula is C21H32F3IN4O2. The van der Waals surface area contributed by atoms with Gasteiger partial charge in [-0.3, -0.25) is 4.79 Å². The van der Waals surface area contributed by atoms with Crippen molar-refractivity contribution in [2.45, 2.75) is 45.5 Å². The van der Waals surface area contributed by atoms with Crippen molar-refractivity contribution in [3.05, 3.63) is 35.4 Å². The molecule has 0 saturated carbocycles. The zero-order valence-corrected chi connectivity index (χ0v) is 20.3. The van der Waals surface area contributed by atoms with Crippen LogP contribution in [-0.2, 0) is 22.7 Å². The van der Waals surface area contributed by atoms with Gasteiger partial charge in [0.2, 0.25) is 5.91 Å². The smallest absolute Gasteiger partial charge is 0.367 e. The number of likely N-dealkylation sites (tertiary alicyclic amines) is 1. The number of hydrogen-bond acceptors (Lipinski definition) is 3. The zero-order chi connectivity index (χ0) is 22.0. The first-order chi connectivity index (χ1) is 14.3. The summed E-state index contributed by atoms with van der Waals surface area (Å²) in [6.45, 7) is 3.63. The summed E-state index contributed by atoms with van der Waals surface area (Å²) in [4.78, 5) is 18.5. The predicted octanol–water partition coefficient (Wildman–Crippen LogP) is 3.70. The number of halogens is 4. The van der Waals surface area contributed by atoms with Gasteiger partial charge in [-0.2, -0.15) is 13.2 Å². The molecular weight excluding hydrogens is 524 g/mol. The van der Waals surface area contributed by atoms with Crippen molar-refractivity contribution in [2.75, 3.05) is 33.3 Å². The summed E-state index contributed by atoms with van der Waals surface area (Å²) < 4.78 is 41.1. The van der Waals surface area contributed by atoms with Gasteiger partial charge in [0.25, 0.3) is 0 Å². The topological polar surface area (TPSA) is 66.0 Å². The van der Waals surface area contributed by atoms with Crippen LogP contribution >= 0.6 is 24.0 Å². The summed E-state index contributed by atoms with van der Waals surface area (Å²) in [6.07, 6.45) is -1.85. The summed E-state index contributed by atoms with van der Waals surface area (Å²) in [7, 11) is 1.66. The molecule has 1 saturated heterocycles. The number of hydrogen-bond donors (Lipinski definition) is 2. The quantitative estimate of drug-likeness (QED) is 0.291. The highest BCUT2D eigenvalue weighted by Crippen LogP contribution is 2.21. The molecule has 1 amide bonds. The van der Waals surface area contributed by atoms with E-state index in [1.807, 2.05) is 19.1 Å². The molecule has 1 heterocycles. The van der Waals surface area contributed by atoms with Gasteiger partial charge in [-0.05, 0) is 36.8 Å². The molecule has 2 rings (SSSR count). The van der Waals surface area contributed by atoms with Crippen LogP contribution in [0.15, 0.2) is 29.3 Å². The number of alkyl halides is 3. The van der Waals surface area contributed by atoms with Crippen molar-refractivity contribution >= 4 is 35.8 Å². The maximum atomic E-state index is 12.1. The molecule has 176 valence electrons. The van der Waals surface area contributed by atoms with Crippen LogP contribution in [0.5, 0.6) is 0 Å². The largest absolute Gasteiger partial charge is 0.411 e. The van der Waals surface area contributed by atoms with E-state index < -0.39 is 12.8 Å². The summed E-state index contributed by atoms with van der Waals surface area (Å²) >= 11 is 0. The first-order valence-corrected chi connectivity index (χ1v) is 10.3. The van der Waals surface area contributed by atoms with Crippen molar-refractivity contribution < 1.29 is 22.7 Å². The number of piperidine rings is 1. The van der Waals surface area contributed by atoms with Crippen LogP contribution in [0.3, 0.4) is 0 Å². The minimum Gasteiger partial charge on any atom is -0.367 e. The monoisotopic (exact) mass is 556 g/mol. The Morgan fingerprint density at radius 1 is 1.19 bits per heavy atom. The van der Waals surface area contributed by atoms with Crippen LogP contribution in [0.1, 0.15) is 37.3 Å². The first kappa shape index (κ1) is 27.5. The van der Waals surface area contributed by atoms with Gasteiger partial charge >= 0.3 is 6.18 Å². The summed E-state index contributed by atoms with van der Waals surface area (Å²) in [5.74, 6) is 1.32. The third-order valence-electron chi connectivity index (χ3n) is 4.97. The van der Waals surface area contributed by atoms with E-state index >= 15 is 0 Å². The first-order valence-electron chi connectivity index (χ1n) is 10.3. The molecule has 1 aliphatic heterocycles. The fraction of sp³-hybridized carbons (Fsp3) is 0.619. The molecule has 31 heavy (non-hydrogen) atoms. The molecule has 1 aromatic rings. The minimum atomic E-state index is -4.31. The zero-order valence-electron chi connectivity index (χ0n) is 18.0. The Morgan fingerprint density at radius 3 is 2.35 bits per heavy atom. The van der Waals surface area contributed by atoms with Gasteiger partial charge in [-0.1, -0.05) is 24.3 Å². The number of nitrogens with zero attached hydrogens (tertiary/aromatic N) is 2. The predicted molar refractivity (Wildman–Crippen MR) is 125 cm³/mol. The van der Waals surface area contributed by atoms with Crippen LogP contribution < -0.4 is 10.6 Å². The van der Waals surface area contributed by atoms with E-state index in [0.29, 0.717) is 24.4 Å². The Bertz CT molecular complexity index is 691. The van der Waals surface area contributed by atoms with E-state index in [4.69, 9.17) is 4.99 Å². The summed E-state index contributed by atoms with van der Waals surface area (Å²) in [5, 5.41) is 5.99. The molecule has 0 spiro atoms. The maximum Gasteiger partial charge on any atom is 0.411 e. The second kappa shape index (κ2) is 13.8. The molecule has 1 fully saturated rings. The van der Waals surface area contributed by atoms with Gasteiger partial charge in [0, 0.05) is 33.1 Å².